The Hall–Kier alpha value is -3.30. The van der Waals surface area contributed by atoms with Gasteiger partial charge in [-0.05, 0) is 41.9 Å². The van der Waals surface area contributed by atoms with Gasteiger partial charge in [0.15, 0.2) is 0 Å². The van der Waals surface area contributed by atoms with E-state index in [0.717, 1.165) is 42.7 Å². The molecule has 3 aromatic heterocycles. The van der Waals surface area contributed by atoms with Crippen LogP contribution in [0.5, 0.6) is 0 Å². The molecule has 1 N–H and O–H groups in total. The molecule has 0 spiro atoms. The number of hydrogen-bond acceptors (Lipinski definition) is 7. The summed E-state index contributed by atoms with van der Waals surface area (Å²) in [5, 5.41) is 7.42. The van der Waals surface area contributed by atoms with Gasteiger partial charge in [0.1, 0.15) is 5.69 Å². The van der Waals surface area contributed by atoms with Gasteiger partial charge < -0.3 is 14.4 Å². The summed E-state index contributed by atoms with van der Waals surface area (Å²) in [5.41, 5.74) is 0.119. The number of pyridine rings is 1. The molecule has 1 aliphatic heterocycles. The molecule has 1 fully saturated rings. The first-order chi connectivity index (χ1) is 15.7. The van der Waals surface area contributed by atoms with Gasteiger partial charge in [0.25, 0.3) is 11.5 Å². The molecule has 0 radical (unpaired) electrons. The van der Waals surface area contributed by atoms with E-state index in [1.165, 1.54) is 0 Å². The summed E-state index contributed by atoms with van der Waals surface area (Å²) >= 11 is 1.59. The first kappa shape index (κ1) is 20.6. The highest BCUT2D eigenvalue weighted by Crippen LogP contribution is 2.21. The van der Waals surface area contributed by atoms with Crippen LogP contribution < -0.4 is 5.56 Å². The van der Waals surface area contributed by atoms with E-state index in [2.05, 4.69) is 20.0 Å². The van der Waals surface area contributed by atoms with Gasteiger partial charge in [-0.15, -0.1) is 11.3 Å². The predicted molar refractivity (Wildman–Crippen MR) is 123 cm³/mol. The van der Waals surface area contributed by atoms with Gasteiger partial charge in [-0.3, -0.25) is 14.5 Å². The first-order valence-electron chi connectivity index (χ1n) is 10.7. The Balaban J connectivity index is 1.12. The van der Waals surface area contributed by atoms with E-state index in [1.807, 2.05) is 40.6 Å². The normalized spacial score (nSPS) is 14.8. The van der Waals surface area contributed by atoms with Crippen molar-refractivity contribution in [1.82, 2.24) is 24.9 Å². The molecule has 0 saturated carbocycles. The molecular formula is C23H23N5O3S. The number of carbonyl (C=O) groups is 1. The predicted octanol–water partition coefficient (Wildman–Crippen LogP) is 3.03. The molecule has 32 heavy (non-hydrogen) atoms. The maximum absolute atomic E-state index is 12.9. The third kappa shape index (κ3) is 4.35. The van der Waals surface area contributed by atoms with Crippen molar-refractivity contribution >= 4 is 28.0 Å². The minimum absolute atomic E-state index is 0.125. The number of amides is 1. The fourth-order valence-corrected chi connectivity index (χ4v) is 4.64. The number of nitrogens with one attached hydrogen (secondary N) is 1. The molecule has 1 aliphatic rings. The van der Waals surface area contributed by atoms with Gasteiger partial charge in [-0.1, -0.05) is 29.4 Å². The Morgan fingerprint density at radius 3 is 2.78 bits per heavy atom. The highest BCUT2D eigenvalue weighted by atomic mass is 32.1. The van der Waals surface area contributed by atoms with E-state index in [9.17, 15) is 9.59 Å². The third-order valence-electron chi connectivity index (χ3n) is 5.72. The van der Waals surface area contributed by atoms with Crippen LogP contribution >= 0.6 is 11.3 Å². The van der Waals surface area contributed by atoms with Crippen LogP contribution in [-0.4, -0.2) is 63.6 Å². The van der Waals surface area contributed by atoms with E-state index in [-0.39, 0.29) is 11.5 Å². The lowest BCUT2D eigenvalue weighted by atomic mass is 10.1. The Kier molecular flexibility index (Phi) is 5.83. The molecular weight excluding hydrogens is 426 g/mol. The zero-order valence-electron chi connectivity index (χ0n) is 17.5. The number of fused-ring (bicyclic) bond motifs is 1. The van der Waals surface area contributed by atoms with Crippen LogP contribution in [0, 0.1) is 0 Å². The number of piperazine rings is 1. The summed E-state index contributed by atoms with van der Waals surface area (Å²) in [4.78, 5) is 37.6. The summed E-state index contributed by atoms with van der Waals surface area (Å²) in [6.45, 7) is 3.78. The highest BCUT2D eigenvalue weighted by Gasteiger charge is 2.23. The third-order valence-corrected chi connectivity index (χ3v) is 6.58. The average molecular weight is 450 g/mol. The Morgan fingerprint density at radius 2 is 1.97 bits per heavy atom. The molecule has 0 unspecified atom stereocenters. The SMILES string of the molecule is O=C(c1cc2ccccc2c(=O)[nH]1)N1CCN(CCCc2nc(-c3cccs3)no2)CC1. The van der Waals surface area contributed by atoms with E-state index in [1.54, 1.807) is 23.5 Å². The van der Waals surface area contributed by atoms with Crippen LogP contribution in [0.4, 0.5) is 0 Å². The molecule has 1 saturated heterocycles. The van der Waals surface area contributed by atoms with Crippen molar-refractivity contribution in [2.24, 2.45) is 0 Å². The van der Waals surface area contributed by atoms with Crippen molar-refractivity contribution in [1.29, 1.82) is 0 Å². The van der Waals surface area contributed by atoms with Crippen molar-refractivity contribution in [2.75, 3.05) is 32.7 Å². The van der Waals surface area contributed by atoms with Gasteiger partial charge in [-0.2, -0.15) is 4.98 Å². The van der Waals surface area contributed by atoms with Gasteiger partial charge in [0.2, 0.25) is 11.7 Å². The fraction of sp³-hybridized carbons (Fsp3) is 0.304. The minimum Gasteiger partial charge on any atom is -0.339 e. The lowest BCUT2D eigenvalue weighted by Gasteiger charge is -2.34. The van der Waals surface area contributed by atoms with E-state index >= 15 is 0 Å². The number of H-pyrrole nitrogens is 1. The molecule has 0 atom stereocenters. The monoisotopic (exact) mass is 449 g/mol. The summed E-state index contributed by atoms with van der Waals surface area (Å²) in [7, 11) is 0. The first-order valence-corrected chi connectivity index (χ1v) is 11.6. The molecule has 8 nitrogen and oxygen atoms in total. The number of hydrogen-bond donors (Lipinski definition) is 1. The van der Waals surface area contributed by atoms with Crippen molar-refractivity contribution < 1.29 is 9.32 Å². The van der Waals surface area contributed by atoms with Crippen molar-refractivity contribution in [3.63, 3.8) is 0 Å². The molecule has 4 aromatic rings. The lowest BCUT2D eigenvalue weighted by molar-refractivity contribution is 0.0630. The number of aromatic nitrogens is 3. The molecule has 9 heteroatoms. The molecule has 1 aromatic carbocycles. The van der Waals surface area contributed by atoms with Crippen LogP contribution in [0.15, 0.2) is 57.2 Å². The minimum atomic E-state index is -0.228. The van der Waals surface area contributed by atoms with Crippen molar-refractivity contribution in [3.05, 3.63) is 69.8 Å². The van der Waals surface area contributed by atoms with Crippen LogP contribution in [0.1, 0.15) is 22.8 Å². The Bertz CT molecular complexity index is 1270. The van der Waals surface area contributed by atoms with E-state index in [0.29, 0.717) is 35.9 Å². The Morgan fingerprint density at radius 1 is 1.12 bits per heavy atom. The average Bonchev–Trinajstić information content (AvgIpc) is 3.51. The maximum atomic E-state index is 12.9. The second kappa shape index (κ2) is 9.05. The van der Waals surface area contributed by atoms with E-state index in [4.69, 9.17) is 4.52 Å². The highest BCUT2D eigenvalue weighted by molar-refractivity contribution is 7.13. The maximum Gasteiger partial charge on any atom is 0.270 e. The molecule has 164 valence electrons. The number of carbonyl (C=O) groups excluding carboxylic acids is 1. The molecule has 0 bridgehead atoms. The van der Waals surface area contributed by atoms with Gasteiger partial charge in [-0.25, -0.2) is 0 Å². The zero-order chi connectivity index (χ0) is 21.9. The van der Waals surface area contributed by atoms with Gasteiger partial charge in [0, 0.05) is 38.0 Å². The van der Waals surface area contributed by atoms with Crippen LogP contribution in [0.3, 0.4) is 0 Å². The summed E-state index contributed by atoms with van der Waals surface area (Å²) < 4.78 is 5.36. The Labute approximate surface area is 188 Å². The number of thiophene rings is 1. The van der Waals surface area contributed by atoms with Gasteiger partial charge in [0.05, 0.1) is 4.88 Å². The lowest BCUT2D eigenvalue weighted by Crippen LogP contribution is -2.49. The van der Waals surface area contributed by atoms with Crippen LogP contribution in [-0.2, 0) is 6.42 Å². The molecule has 5 rings (SSSR count). The summed E-state index contributed by atoms with van der Waals surface area (Å²) in [6.07, 6.45) is 1.65. The fourth-order valence-electron chi connectivity index (χ4n) is 3.99. The second-order valence-corrected chi connectivity index (χ2v) is 8.77. The zero-order valence-corrected chi connectivity index (χ0v) is 18.3. The molecule has 0 aliphatic carbocycles. The summed E-state index contributed by atoms with van der Waals surface area (Å²) in [5.74, 6) is 1.18. The number of nitrogens with zero attached hydrogens (tertiary/aromatic N) is 4. The number of aryl methyl sites for hydroxylation is 1. The largest absolute Gasteiger partial charge is 0.339 e. The topological polar surface area (TPSA) is 95.3 Å². The van der Waals surface area contributed by atoms with Crippen molar-refractivity contribution in [3.8, 4) is 10.7 Å². The second-order valence-electron chi connectivity index (χ2n) is 7.83. The van der Waals surface area contributed by atoms with Crippen molar-refractivity contribution in [2.45, 2.75) is 12.8 Å². The van der Waals surface area contributed by atoms with Crippen LogP contribution in [0.25, 0.3) is 21.5 Å². The number of rotatable bonds is 6. The number of benzene rings is 1. The number of aromatic amines is 1. The standard InChI is InChI=1S/C23H23N5O3S/c29-22-17-6-2-1-5-16(17)15-18(24-22)23(30)28-12-10-27(11-13-28)9-3-8-20-25-21(26-31-20)19-7-4-14-32-19/h1-2,4-7,14-15H,3,8-13H2,(H,24,29). The van der Waals surface area contributed by atoms with Gasteiger partial charge >= 0.3 is 0 Å². The quantitative estimate of drug-likeness (QED) is 0.486. The van der Waals surface area contributed by atoms with Crippen LogP contribution in [0.2, 0.25) is 0 Å². The van der Waals surface area contributed by atoms with E-state index < -0.39 is 0 Å². The smallest absolute Gasteiger partial charge is 0.270 e. The summed E-state index contributed by atoms with van der Waals surface area (Å²) in [6, 6.07) is 13.0. The molecule has 4 heterocycles. The molecule has 1 amide bonds.